The van der Waals surface area contributed by atoms with Crippen molar-refractivity contribution in [1.82, 2.24) is 8.61 Å². The van der Waals surface area contributed by atoms with E-state index in [9.17, 15) is 13.2 Å². The van der Waals surface area contributed by atoms with E-state index in [0.717, 1.165) is 9.87 Å². The second-order valence-corrected chi connectivity index (χ2v) is 6.84. The van der Waals surface area contributed by atoms with Crippen molar-refractivity contribution < 1.29 is 18.3 Å². The van der Waals surface area contributed by atoms with Crippen molar-refractivity contribution in [2.75, 3.05) is 13.6 Å². The number of carboxylic acids is 1. The Bertz CT molecular complexity index is 573. The molecule has 6 nitrogen and oxygen atoms in total. The van der Waals surface area contributed by atoms with Crippen LogP contribution in [-0.2, 0) is 21.5 Å². The minimum absolute atomic E-state index is 0.228. The average molecular weight is 298 g/mol. The van der Waals surface area contributed by atoms with Crippen LogP contribution in [0.3, 0.4) is 0 Å². The molecule has 110 valence electrons. The van der Waals surface area contributed by atoms with Gasteiger partial charge >= 0.3 is 5.97 Å². The van der Waals surface area contributed by atoms with Crippen molar-refractivity contribution in [3.05, 3.63) is 35.9 Å². The third-order valence-corrected chi connectivity index (χ3v) is 5.37. The first-order valence-corrected chi connectivity index (χ1v) is 7.82. The molecule has 0 spiro atoms. The summed E-state index contributed by atoms with van der Waals surface area (Å²) in [7, 11) is -2.27. The molecular formula is C13H18N2O4S. The summed E-state index contributed by atoms with van der Waals surface area (Å²) in [5.41, 5.74) is 0.865. The minimum atomic E-state index is -3.75. The number of benzene rings is 1. The summed E-state index contributed by atoms with van der Waals surface area (Å²) in [6.45, 7) is 0.491. The van der Waals surface area contributed by atoms with Crippen molar-refractivity contribution in [2.24, 2.45) is 0 Å². The fourth-order valence-corrected chi connectivity index (χ4v) is 3.91. The zero-order valence-corrected chi connectivity index (χ0v) is 12.1. The Labute approximate surface area is 118 Å². The summed E-state index contributed by atoms with van der Waals surface area (Å²) in [5, 5.41) is 9.09. The van der Waals surface area contributed by atoms with E-state index in [1.165, 1.54) is 11.4 Å². The highest BCUT2D eigenvalue weighted by atomic mass is 32.2. The summed E-state index contributed by atoms with van der Waals surface area (Å²) in [6, 6.07) is 8.27. The monoisotopic (exact) mass is 298 g/mol. The fraction of sp³-hybridized carbons (Fsp3) is 0.462. The molecule has 0 bridgehead atoms. The van der Waals surface area contributed by atoms with E-state index >= 15 is 0 Å². The second kappa shape index (κ2) is 5.90. The lowest BCUT2D eigenvalue weighted by Gasteiger charge is -2.26. The number of carbonyl (C=O) groups is 1. The molecule has 0 amide bonds. The van der Waals surface area contributed by atoms with E-state index in [2.05, 4.69) is 0 Å². The van der Waals surface area contributed by atoms with Gasteiger partial charge in [0, 0.05) is 20.1 Å². The number of nitrogens with zero attached hydrogens (tertiary/aromatic N) is 2. The topological polar surface area (TPSA) is 77.9 Å². The zero-order valence-electron chi connectivity index (χ0n) is 11.3. The van der Waals surface area contributed by atoms with Crippen LogP contribution in [0.25, 0.3) is 0 Å². The molecule has 0 unspecified atom stereocenters. The van der Waals surface area contributed by atoms with Crippen LogP contribution in [0.1, 0.15) is 18.4 Å². The summed E-state index contributed by atoms with van der Waals surface area (Å²) in [5.74, 6) is -1.08. The summed E-state index contributed by atoms with van der Waals surface area (Å²) in [4.78, 5) is 11.1. The second-order valence-electron chi connectivity index (χ2n) is 4.86. The quantitative estimate of drug-likeness (QED) is 0.876. The van der Waals surface area contributed by atoms with Gasteiger partial charge in [0.1, 0.15) is 6.04 Å². The molecule has 1 aromatic carbocycles. The predicted molar refractivity (Wildman–Crippen MR) is 74.2 cm³/mol. The predicted octanol–water partition coefficient (Wildman–Crippen LogP) is 0.912. The van der Waals surface area contributed by atoms with Gasteiger partial charge in [-0.15, -0.1) is 0 Å². The van der Waals surface area contributed by atoms with Crippen molar-refractivity contribution >= 4 is 16.2 Å². The molecule has 1 aromatic rings. The van der Waals surface area contributed by atoms with E-state index in [4.69, 9.17) is 5.11 Å². The molecule has 20 heavy (non-hydrogen) atoms. The van der Waals surface area contributed by atoms with Crippen LogP contribution in [0, 0.1) is 0 Å². The Morgan fingerprint density at radius 1 is 1.40 bits per heavy atom. The lowest BCUT2D eigenvalue weighted by atomic mass is 10.2. The van der Waals surface area contributed by atoms with Crippen LogP contribution in [0.4, 0.5) is 0 Å². The third-order valence-electron chi connectivity index (χ3n) is 3.43. The van der Waals surface area contributed by atoms with Gasteiger partial charge in [0.2, 0.25) is 0 Å². The molecule has 1 fully saturated rings. The highest BCUT2D eigenvalue weighted by Gasteiger charge is 2.40. The number of aliphatic carboxylic acids is 1. The van der Waals surface area contributed by atoms with Gasteiger partial charge in [-0.05, 0) is 18.4 Å². The number of rotatable bonds is 5. The van der Waals surface area contributed by atoms with Crippen molar-refractivity contribution in [2.45, 2.75) is 25.4 Å². The normalized spacial score (nSPS) is 20.4. The van der Waals surface area contributed by atoms with Gasteiger partial charge in [-0.1, -0.05) is 30.3 Å². The standard InChI is InChI=1S/C13H18N2O4S/c1-14(10-11-6-3-2-4-7-11)20(18,19)15-9-5-8-12(15)13(16)17/h2-4,6-7,12H,5,8-10H2,1H3,(H,16,17)/t12-/m1/s1. The Kier molecular flexibility index (Phi) is 4.42. The molecule has 1 N–H and O–H groups in total. The Morgan fingerprint density at radius 3 is 2.65 bits per heavy atom. The van der Waals surface area contributed by atoms with Gasteiger partial charge < -0.3 is 5.11 Å². The first-order chi connectivity index (χ1) is 9.43. The SMILES string of the molecule is CN(Cc1ccccc1)S(=O)(=O)N1CCC[C@@H]1C(=O)O. The van der Waals surface area contributed by atoms with Crippen LogP contribution in [0.5, 0.6) is 0 Å². The van der Waals surface area contributed by atoms with E-state index in [1.54, 1.807) is 0 Å². The molecule has 1 atom stereocenters. The van der Waals surface area contributed by atoms with Crippen molar-refractivity contribution in [1.29, 1.82) is 0 Å². The van der Waals surface area contributed by atoms with Gasteiger partial charge in [0.15, 0.2) is 0 Å². The molecule has 2 rings (SSSR count). The summed E-state index contributed by atoms with van der Waals surface area (Å²) in [6.07, 6.45) is 0.948. The molecule has 0 saturated carbocycles. The van der Waals surface area contributed by atoms with Crippen LogP contribution in [0.2, 0.25) is 0 Å². The molecule has 1 saturated heterocycles. The average Bonchev–Trinajstić information content (AvgIpc) is 2.89. The zero-order chi connectivity index (χ0) is 14.8. The molecule has 1 heterocycles. The minimum Gasteiger partial charge on any atom is -0.480 e. The van der Waals surface area contributed by atoms with Crippen LogP contribution in [-0.4, -0.2) is 47.7 Å². The smallest absolute Gasteiger partial charge is 0.322 e. The molecule has 1 aliphatic heterocycles. The highest BCUT2D eigenvalue weighted by Crippen LogP contribution is 2.23. The van der Waals surface area contributed by atoms with Crippen LogP contribution >= 0.6 is 0 Å². The largest absolute Gasteiger partial charge is 0.480 e. The first kappa shape index (κ1) is 15.0. The van der Waals surface area contributed by atoms with Crippen molar-refractivity contribution in [3.63, 3.8) is 0 Å². The van der Waals surface area contributed by atoms with Gasteiger partial charge in [0.05, 0.1) is 0 Å². The molecule has 1 aliphatic rings. The molecule has 0 aliphatic carbocycles. The van der Waals surface area contributed by atoms with E-state index in [1.807, 2.05) is 30.3 Å². The third kappa shape index (κ3) is 3.00. The van der Waals surface area contributed by atoms with E-state index in [0.29, 0.717) is 12.8 Å². The first-order valence-electron chi connectivity index (χ1n) is 6.43. The van der Waals surface area contributed by atoms with E-state index in [-0.39, 0.29) is 13.1 Å². The molecule has 7 heteroatoms. The Morgan fingerprint density at radius 2 is 2.05 bits per heavy atom. The van der Waals surface area contributed by atoms with Gasteiger partial charge in [-0.2, -0.15) is 17.0 Å². The number of hydrogen-bond acceptors (Lipinski definition) is 3. The summed E-state index contributed by atoms with van der Waals surface area (Å²) < 4.78 is 27.2. The number of carboxylic acid groups (broad SMARTS) is 1. The highest BCUT2D eigenvalue weighted by molar-refractivity contribution is 7.86. The maximum absolute atomic E-state index is 12.4. The maximum atomic E-state index is 12.4. The molecular weight excluding hydrogens is 280 g/mol. The van der Waals surface area contributed by atoms with Gasteiger partial charge in [-0.25, -0.2) is 0 Å². The van der Waals surface area contributed by atoms with Gasteiger partial charge in [0.25, 0.3) is 10.2 Å². The summed E-state index contributed by atoms with van der Waals surface area (Å²) >= 11 is 0. The maximum Gasteiger partial charge on any atom is 0.322 e. The van der Waals surface area contributed by atoms with Crippen LogP contribution < -0.4 is 0 Å². The van der Waals surface area contributed by atoms with Gasteiger partial charge in [-0.3, -0.25) is 4.79 Å². The fourth-order valence-electron chi connectivity index (χ4n) is 2.36. The Hall–Kier alpha value is -1.44. The molecule has 0 radical (unpaired) electrons. The number of hydrogen-bond donors (Lipinski definition) is 1. The van der Waals surface area contributed by atoms with E-state index < -0.39 is 22.2 Å². The Balaban J connectivity index is 2.15. The molecule has 0 aromatic heterocycles. The van der Waals surface area contributed by atoms with Crippen molar-refractivity contribution in [3.8, 4) is 0 Å². The lowest BCUT2D eigenvalue weighted by Crippen LogP contribution is -2.46. The lowest BCUT2D eigenvalue weighted by molar-refractivity contribution is -0.140. The van der Waals surface area contributed by atoms with Crippen LogP contribution in [0.15, 0.2) is 30.3 Å².